The normalized spacial score (nSPS) is 18.8. The highest BCUT2D eigenvalue weighted by molar-refractivity contribution is 8.15. The summed E-state index contributed by atoms with van der Waals surface area (Å²) in [4.78, 5) is 33.3. The van der Waals surface area contributed by atoms with E-state index in [1.807, 2.05) is 0 Å². The van der Waals surface area contributed by atoms with Crippen LogP contribution in [0.25, 0.3) is 0 Å². The maximum Gasteiger partial charge on any atom is 0.286 e. The van der Waals surface area contributed by atoms with Crippen LogP contribution in [0, 0.1) is 0 Å². The van der Waals surface area contributed by atoms with Gasteiger partial charge in [-0.15, -0.1) is 0 Å². The lowest BCUT2D eigenvalue weighted by Crippen LogP contribution is -2.25. The highest BCUT2D eigenvalue weighted by Crippen LogP contribution is 2.23. The van der Waals surface area contributed by atoms with Crippen LogP contribution in [-0.4, -0.2) is 27.8 Å². The molecule has 1 aliphatic heterocycles. The van der Waals surface area contributed by atoms with E-state index in [4.69, 9.17) is 5.11 Å². The summed E-state index contributed by atoms with van der Waals surface area (Å²) in [7, 11) is 0. The second-order valence-corrected chi connectivity index (χ2v) is 5.07. The Balaban J connectivity index is 2.17. The lowest BCUT2D eigenvalue weighted by Gasteiger charge is -2.08. The Bertz CT molecular complexity index is 515. The summed E-state index contributed by atoms with van der Waals surface area (Å²) in [6.45, 7) is -0.203. The number of aldehydes is 1. The fourth-order valence-corrected chi connectivity index (χ4v) is 2.63. The van der Waals surface area contributed by atoms with E-state index >= 15 is 0 Å². The molecule has 1 heterocycles. The molecule has 18 heavy (non-hydrogen) atoms. The van der Waals surface area contributed by atoms with E-state index in [1.54, 1.807) is 18.2 Å². The quantitative estimate of drug-likeness (QED) is 0.790. The van der Waals surface area contributed by atoms with Crippen LogP contribution in [0.15, 0.2) is 18.2 Å². The Morgan fingerprint density at radius 2 is 2.17 bits per heavy atom. The predicted molar refractivity (Wildman–Crippen MR) is 66.4 cm³/mol. The summed E-state index contributed by atoms with van der Waals surface area (Å²) in [6, 6.07) is 5.03. The Kier molecular flexibility index (Phi) is 3.78. The van der Waals surface area contributed by atoms with Crippen LogP contribution in [0.3, 0.4) is 0 Å². The third-order valence-corrected chi connectivity index (χ3v) is 3.68. The monoisotopic (exact) mass is 265 g/mol. The zero-order chi connectivity index (χ0) is 13.1. The number of thioether (sulfide) groups is 1. The van der Waals surface area contributed by atoms with Gasteiger partial charge >= 0.3 is 0 Å². The molecule has 0 aliphatic carbocycles. The van der Waals surface area contributed by atoms with Gasteiger partial charge in [-0.05, 0) is 23.6 Å². The van der Waals surface area contributed by atoms with E-state index in [0.717, 1.165) is 17.3 Å². The van der Waals surface area contributed by atoms with Crippen molar-refractivity contribution < 1.29 is 19.5 Å². The van der Waals surface area contributed by atoms with Crippen LogP contribution in [0.2, 0.25) is 0 Å². The first-order chi connectivity index (χ1) is 8.63. The van der Waals surface area contributed by atoms with Crippen molar-refractivity contribution in [3.8, 4) is 0 Å². The molecule has 0 saturated carbocycles. The fourth-order valence-electron chi connectivity index (χ4n) is 1.77. The third-order valence-electron chi connectivity index (χ3n) is 2.70. The molecule has 1 saturated heterocycles. The largest absolute Gasteiger partial charge is 0.392 e. The first-order valence-electron chi connectivity index (χ1n) is 5.33. The molecule has 1 aromatic carbocycles. The van der Waals surface area contributed by atoms with Crippen molar-refractivity contribution >= 4 is 29.2 Å². The maximum absolute atomic E-state index is 11.4. The Hall–Kier alpha value is -1.66. The number of hydrogen-bond acceptors (Lipinski definition) is 5. The number of amides is 2. The van der Waals surface area contributed by atoms with Gasteiger partial charge in [-0.2, -0.15) is 0 Å². The number of aliphatic hydroxyl groups excluding tert-OH is 1. The van der Waals surface area contributed by atoms with Gasteiger partial charge in [-0.25, -0.2) is 0 Å². The molecule has 0 aromatic heterocycles. The van der Waals surface area contributed by atoms with Gasteiger partial charge in [-0.1, -0.05) is 23.9 Å². The van der Waals surface area contributed by atoms with Crippen LogP contribution in [0.1, 0.15) is 21.5 Å². The summed E-state index contributed by atoms with van der Waals surface area (Å²) < 4.78 is 0. The van der Waals surface area contributed by atoms with Gasteiger partial charge in [0.15, 0.2) is 0 Å². The highest BCUT2D eigenvalue weighted by atomic mass is 32.2. The van der Waals surface area contributed by atoms with Crippen LogP contribution in [0.4, 0.5) is 4.79 Å². The second-order valence-electron chi connectivity index (χ2n) is 3.90. The summed E-state index contributed by atoms with van der Waals surface area (Å²) in [5, 5.41) is 10.5. The van der Waals surface area contributed by atoms with E-state index in [1.165, 1.54) is 0 Å². The summed E-state index contributed by atoms with van der Waals surface area (Å²) >= 11 is 0.955. The zero-order valence-corrected chi connectivity index (χ0v) is 10.2. The topological polar surface area (TPSA) is 83.5 Å². The summed E-state index contributed by atoms with van der Waals surface area (Å²) in [6.07, 6.45) is 1.05. The minimum absolute atomic E-state index is 0.203. The first-order valence-corrected chi connectivity index (χ1v) is 6.21. The van der Waals surface area contributed by atoms with E-state index < -0.39 is 5.25 Å². The maximum atomic E-state index is 11.4. The summed E-state index contributed by atoms with van der Waals surface area (Å²) in [5.41, 5.74) is 1.75. The van der Waals surface area contributed by atoms with E-state index in [-0.39, 0.29) is 17.8 Å². The SMILES string of the molecule is O=Cc1cc(CC2SC(=O)NC2=O)ccc1CO. The molecular formula is C12H11NO4S. The van der Waals surface area contributed by atoms with Gasteiger partial charge in [0.25, 0.3) is 5.24 Å². The molecule has 94 valence electrons. The van der Waals surface area contributed by atoms with Crippen LogP contribution in [0.5, 0.6) is 0 Å². The average Bonchev–Trinajstić information content (AvgIpc) is 2.67. The number of rotatable bonds is 4. The molecule has 5 nitrogen and oxygen atoms in total. The Labute approximate surface area is 108 Å². The van der Waals surface area contributed by atoms with Crippen molar-refractivity contribution in [2.45, 2.75) is 18.3 Å². The van der Waals surface area contributed by atoms with Crippen molar-refractivity contribution in [1.82, 2.24) is 5.32 Å². The molecule has 0 spiro atoms. The number of aliphatic hydroxyl groups is 1. The standard InChI is InChI=1S/C12H11NO4S/c14-5-8-2-1-7(3-9(8)6-15)4-10-11(16)13-12(17)18-10/h1-3,6,10,14H,4-5H2,(H,13,16,17). The minimum atomic E-state index is -0.447. The first kappa shape index (κ1) is 12.8. The fraction of sp³-hybridized carbons (Fsp3) is 0.250. The number of carbonyl (C=O) groups is 3. The molecule has 1 fully saturated rings. The van der Waals surface area contributed by atoms with Crippen molar-refractivity contribution in [2.24, 2.45) is 0 Å². The van der Waals surface area contributed by atoms with E-state index in [0.29, 0.717) is 23.8 Å². The van der Waals surface area contributed by atoms with Crippen LogP contribution in [-0.2, 0) is 17.8 Å². The van der Waals surface area contributed by atoms with E-state index in [2.05, 4.69) is 5.32 Å². The molecule has 0 bridgehead atoms. The molecule has 2 rings (SSSR count). The van der Waals surface area contributed by atoms with Gasteiger partial charge in [0.05, 0.1) is 11.9 Å². The third kappa shape index (κ3) is 2.60. The minimum Gasteiger partial charge on any atom is -0.392 e. The second kappa shape index (κ2) is 5.32. The van der Waals surface area contributed by atoms with Crippen molar-refractivity contribution in [1.29, 1.82) is 0 Å². The summed E-state index contributed by atoms with van der Waals surface area (Å²) in [5.74, 6) is -0.302. The molecule has 6 heteroatoms. The van der Waals surface area contributed by atoms with Gasteiger partial charge in [-0.3, -0.25) is 19.7 Å². The number of hydrogen-bond donors (Lipinski definition) is 2. The Morgan fingerprint density at radius 1 is 1.39 bits per heavy atom. The van der Waals surface area contributed by atoms with Crippen molar-refractivity contribution in [3.05, 3.63) is 34.9 Å². The predicted octanol–water partition coefficient (Wildman–Crippen LogP) is 0.885. The van der Waals surface area contributed by atoms with Crippen LogP contribution >= 0.6 is 11.8 Å². The molecule has 1 unspecified atom stereocenters. The lowest BCUT2D eigenvalue weighted by molar-refractivity contribution is -0.118. The van der Waals surface area contributed by atoms with Gasteiger partial charge in [0.1, 0.15) is 6.29 Å². The molecular weight excluding hydrogens is 254 g/mol. The van der Waals surface area contributed by atoms with Gasteiger partial charge < -0.3 is 5.11 Å². The molecule has 1 atom stereocenters. The number of carbonyl (C=O) groups excluding carboxylic acids is 3. The average molecular weight is 265 g/mol. The van der Waals surface area contributed by atoms with E-state index in [9.17, 15) is 14.4 Å². The van der Waals surface area contributed by atoms with Crippen molar-refractivity contribution in [2.75, 3.05) is 0 Å². The molecule has 1 aliphatic rings. The van der Waals surface area contributed by atoms with Crippen LogP contribution < -0.4 is 5.32 Å². The Morgan fingerprint density at radius 3 is 2.72 bits per heavy atom. The van der Waals surface area contributed by atoms with Gasteiger partial charge in [0, 0.05) is 5.56 Å². The zero-order valence-electron chi connectivity index (χ0n) is 9.38. The number of benzene rings is 1. The lowest BCUT2D eigenvalue weighted by atomic mass is 10.0. The van der Waals surface area contributed by atoms with Gasteiger partial charge in [0.2, 0.25) is 5.91 Å². The molecule has 2 N–H and O–H groups in total. The van der Waals surface area contributed by atoms with Crippen molar-refractivity contribution in [3.63, 3.8) is 0 Å². The smallest absolute Gasteiger partial charge is 0.286 e. The molecule has 0 radical (unpaired) electrons. The molecule has 2 amide bonds. The highest BCUT2D eigenvalue weighted by Gasteiger charge is 2.31. The molecule has 1 aromatic rings. The number of imide groups is 1. The number of nitrogens with one attached hydrogen (secondary N) is 1.